The van der Waals surface area contributed by atoms with Gasteiger partial charge in [-0.25, -0.2) is 13.2 Å². The lowest BCUT2D eigenvalue weighted by atomic mass is 9.72. The van der Waals surface area contributed by atoms with Gasteiger partial charge in [-0.3, -0.25) is 4.79 Å². The summed E-state index contributed by atoms with van der Waals surface area (Å²) in [5, 5.41) is 12.9. The van der Waals surface area contributed by atoms with Crippen molar-refractivity contribution in [2.45, 2.75) is 50.3 Å². The Labute approximate surface area is 205 Å². The number of hydrogen-bond acceptors (Lipinski definition) is 5. The van der Waals surface area contributed by atoms with E-state index in [9.17, 15) is 23.1 Å². The second-order valence-corrected chi connectivity index (χ2v) is 11.9. The molecule has 0 saturated heterocycles. The van der Waals surface area contributed by atoms with Crippen LogP contribution in [0.4, 0.5) is 5.69 Å². The van der Waals surface area contributed by atoms with Crippen molar-refractivity contribution in [2.24, 2.45) is 5.41 Å². The molecule has 3 aromatic carbocycles. The summed E-state index contributed by atoms with van der Waals surface area (Å²) in [4.78, 5) is 22.9. The molecule has 6 nitrogen and oxygen atoms in total. The summed E-state index contributed by atoms with van der Waals surface area (Å²) in [6.45, 7) is 5.74. The molecule has 0 saturated carbocycles. The van der Waals surface area contributed by atoms with Crippen LogP contribution < -0.4 is 5.32 Å². The molecule has 0 aliphatic carbocycles. The van der Waals surface area contributed by atoms with Crippen molar-refractivity contribution in [1.29, 1.82) is 0 Å². The Morgan fingerprint density at radius 1 is 1.00 bits per heavy atom. The minimum absolute atomic E-state index is 0.0293. The van der Waals surface area contributed by atoms with Crippen LogP contribution in [0.3, 0.4) is 0 Å². The van der Waals surface area contributed by atoms with Crippen LogP contribution in [0.5, 0.6) is 0 Å². The molecule has 0 spiro atoms. The molecule has 1 heterocycles. The van der Waals surface area contributed by atoms with Gasteiger partial charge >= 0.3 is 5.97 Å². The van der Waals surface area contributed by atoms with Gasteiger partial charge < -0.3 is 10.4 Å². The van der Waals surface area contributed by atoms with Crippen molar-refractivity contribution in [3.63, 3.8) is 0 Å². The Morgan fingerprint density at radius 2 is 1.71 bits per heavy atom. The Kier molecular flexibility index (Phi) is 6.56. The normalized spacial score (nSPS) is 16.7. The first-order valence-corrected chi connectivity index (χ1v) is 13.1. The number of sulfone groups is 1. The highest BCUT2D eigenvalue weighted by atomic mass is 32.2. The van der Waals surface area contributed by atoms with Crippen molar-refractivity contribution in [3.8, 4) is 0 Å². The first-order valence-electron chi connectivity index (χ1n) is 11.5. The monoisotopic (exact) mass is 491 g/mol. The first kappa shape index (κ1) is 24.7. The second-order valence-electron chi connectivity index (χ2n) is 9.95. The summed E-state index contributed by atoms with van der Waals surface area (Å²) >= 11 is 0. The quantitative estimate of drug-likeness (QED) is 0.470. The van der Waals surface area contributed by atoms with Crippen molar-refractivity contribution >= 4 is 27.3 Å². The molecule has 0 aromatic heterocycles. The molecular weight excluding hydrogens is 462 g/mol. The molecule has 182 valence electrons. The number of Topliss-reactive ketones (excluding diaryl/α,β-unsaturated/α-hetero) is 1. The number of rotatable bonds is 7. The molecular formula is C28H29NO5S. The molecule has 4 rings (SSSR count). The standard InChI is InChI=1S/C28H29NO5S/c1-18(30)13-19-7-10-24(11-8-19)35(33,34)17-20-5-4-6-21(14-20)26-28(2,3)16-23-15-22(27(31)32)9-12-25(23)29-26/h4-12,14-15,26,29H,13,16-17H2,1-3H3,(H,31,32). The number of carboxylic acids is 1. The van der Waals surface area contributed by atoms with Gasteiger partial charge in [-0.1, -0.05) is 50.2 Å². The molecule has 0 radical (unpaired) electrons. The Hall–Kier alpha value is -3.45. The summed E-state index contributed by atoms with van der Waals surface area (Å²) in [5.41, 5.74) is 4.35. The van der Waals surface area contributed by atoms with Crippen LogP contribution >= 0.6 is 0 Å². The lowest BCUT2D eigenvalue weighted by Crippen LogP contribution is -2.35. The van der Waals surface area contributed by atoms with E-state index in [1.54, 1.807) is 42.5 Å². The van der Waals surface area contributed by atoms with Gasteiger partial charge in [0.05, 0.1) is 22.3 Å². The number of nitrogens with one attached hydrogen (secondary N) is 1. The minimum atomic E-state index is -3.56. The Morgan fingerprint density at radius 3 is 2.37 bits per heavy atom. The highest BCUT2D eigenvalue weighted by Gasteiger charge is 2.36. The highest BCUT2D eigenvalue weighted by Crippen LogP contribution is 2.45. The average Bonchev–Trinajstić information content (AvgIpc) is 2.77. The SMILES string of the molecule is CC(=O)Cc1ccc(S(=O)(=O)Cc2cccc(C3Nc4ccc(C(=O)O)cc4CC3(C)C)c2)cc1. The van der Waals surface area contributed by atoms with Crippen LogP contribution in [-0.2, 0) is 33.2 Å². The fourth-order valence-corrected chi connectivity index (χ4v) is 6.10. The smallest absolute Gasteiger partial charge is 0.335 e. The lowest BCUT2D eigenvalue weighted by Gasteiger charge is -2.41. The second kappa shape index (κ2) is 9.30. The van der Waals surface area contributed by atoms with Crippen molar-refractivity contribution < 1.29 is 23.1 Å². The van der Waals surface area contributed by atoms with Crippen molar-refractivity contribution in [3.05, 3.63) is 94.5 Å². The largest absolute Gasteiger partial charge is 0.478 e. The maximum atomic E-state index is 13.1. The van der Waals surface area contributed by atoms with Gasteiger partial charge in [-0.2, -0.15) is 0 Å². The molecule has 0 bridgehead atoms. The van der Waals surface area contributed by atoms with Gasteiger partial charge in [0.2, 0.25) is 0 Å². The van der Waals surface area contributed by atoms with Gasteiger partial charge in [-0.15, -0.1) is 0 Å². The molecule has 1 aliphatic heterocycles. The zero-order valence-corrected chi connectivity index (χ0v) is 20.9. The van der Waals surface area contributed by atoms with E-state index < -0.39 is 15.8 Å². The predicted octanol–water partition coefficient (Wildman–Crippen LogP) is 5.23. The van der Waals surface area contributed by atoms with Crippen molar-refractivity contribution in [1.82, 2.24) is 0 Å². The number of hydrogen-bond donors (Lipinski definition) is 2. The number of fused-ring (bicyclic) bond motifs is 1. The molecule has 2 N–H and O–H groups in total. The van der Waals surface area contributed by atoms with Crippen LogP contribution in [0.25, 0.3) is 0 Å². The highest BCUT2D eigenvalue weighted by molar-refractivity contribution is 7.90. The van der Waals surface area contributed by atoms with E-state index >= 15 is 0 Å². The fraction of sp³-hybridized carbons (Fsp3) is 0.286. The molecule has 35 heavy (non-hydrogen) atoms. The van der Waals surface area contributed by atoms with Crippen LogP contribution in [0, 0.1) is 5.41 Å². The molecule has 1 unspecified atom stereocenters. The van der Waals surface area contributed by atoms with E-state index in [4.69, 9.17) is 0 Å². The number of ketones is 1. The zero-order valence-electron chi connectivity index (χ0n) is 20.0. The van der Waals surface area contributed by atoms with E-state index in [-0.39, 0.29) is 39.9 Å². The molecule has 0 fully saturated rings. The van der Waals surface area contributed by atoms with Gasteiger partial charge in [0.25, 0.3) is 0 Å². The summed E-state index contributed by atoms with van der Waals surface area (Å²) < 4.78 is 26.1. The van der Waals surface area contributed by atoms with Gasteiger partial charge in [0.1, 0.15) is 5.78 Å². The van der Waals surface area contributed by atoms with E-state index in [0.29, 0.717) is 12.0 Å². The third-order valence-corrected chi connectivity index (χ3v) is 8.16. The molecule has 7 heteroatoms. The summed E-state index contributed by atoms with van der Waals surface area (Å²) in [5.74, 6) is -1.05. The predicted molar refractivity (Wildman–Crippen MR) is 135 cm³/mol. The number of carbonyl (C=O) groups is 2. The number of anilines is 1. The molecule has 1 aliphatic rings. The van der Waals surface area contributed by atoms with Crippen LogP contribution in [0.2, 0.25) is 0 Å². The number of benzene rings is 3. The topological polar surface area (TPSA) is 101 Å². The molecule has 0 amide bonds. The number of carbonyl (C=O) groups excluding carboxylic acids is 1. The summed E-state index contributed by atoms with van der Waals surface area (Å²) in [6, 6.07) is 19.1. The zero-order chi connectivity index (χ0) is 25.4. The van der Waals surface area contributed by atoms with E-state index in [0.717, 1.165) is 22.4 Å². The van der Waals surface area contributed by atoms with E-state index in [1.165, 1.54) is 6.92 Å². The van der Waals surface area contributed by atoms with Crippen LogP contribution in [-0.4, -0.2) is 25.3 Å². The van der Waals surface area contributed by atoms with Gasteiger partial charge in [-0.05, 0) is 71.3 Å². The van der Waals surface area contributed by atoms with Crippen molar-refractivity contribution in [2.75, 3.05) is 5.32 Å². The summed E-state index contributed by atoms with van der Waals surface area (Å²) in [6.07, 6.45) is 0.976. The maximum Gasteiger partial charge on any atom is 0.335 e. The Balaban J connectivity index is 1.58. The lowest BCUT2D eigenvalue weighted by molar-refractivity contribution is -0.116. The first-order chi connectivity index (χ1) is 16.4. The number of carboxylic acid groups (broad SMARTS) is 1. The third kappa shape index (κ3) is 5.46. The van der Waals surface area contributed by atoms with Crippen LogP contribution in [0.15, 0.2) is 71.6 Å². The molecule has 1 atom stereocenters. The molecule has 3 aromatic rings. The fourth-order valence-electron chi connectivity index (χ4n) is 4.76. The maximum absolute atomic E-state index is 13.1. The summed E-state index contributed by atoms with van der Waals surface area (Å²) in [7, 11) is -3.56. The Bertz CT molecular complexity index is 1390. The third-order valence-electron chi connectivity index (χ3n) is 6.46. The van der Waals surface area contributed by atoms with E-state index in [1.807, 2.05) is 24.3 Å². The van der Waals surface area contributed by atoms with Crippen LogP contribution in [0.1, 0.15) is 59.4 Å². The van der Waals surface area contributed by atoms with Gasteiger partial charge in [0.15, 0.2) is 9.84 Å². The van der Waals surface area contributed by atoms with E-state index in [2.05, 4.69) is 19.2 Å². The number of aromatic carboxylic acids is 1. The van der Waals surface area contributed by atoms with Gasteiger partial charge in [0, 0.05) is 12.1 Å². The minimum Gasteiger partial charge on any atom is -0.478 e. The average molecular weight is 492 g/mol.